The zero-order valence-corrected chi connectivity index (χ0v) is 15.0. The molecule has 0 saturated heterocycles. The quantitative estimate of drug-likeness (QED) is 0.853. The molecule has 130 valence electrons. The van der Waals surface area contributed by atoms with E-state index < -0.39 is 17.3 Å². The number of hydrogen-bond acceptors (Lipinski definition) is 5. The third-order valence-electron chi connectivity index (χ3n) is 3.60. The van der Waals surface area contributed by atoms with E-state index in [4.69, 9.17) is 16.3 Å². The van der Waals surface area contributed by atoms with Crippen LogP contribution in [0.5, 0.6) is 5.75 Å². The van der Waals surface area contributed by atoms with E-state index in [0.29, 0.717) is 23.6 Å². The highest BCUT2D eigenvalue weighted by molar-refractivity contribution is 6.31. The molecule has 0 fully saturated rings. The first-order valence-electron chi connectivity index (χ1n) is 7.74. The van der Waals surface area contributed by atoms with Gasteiger partial charge in [-0.2, -0.15) is 0 Å². The molecule has 6 nitrogen and oxygen atoms in total. The van der Waals surface area contributed by atoms with Crippen molar-refractivity contribution < 1.29 is 14.6 Å². The minimum Gasteiger partial charge on any atom is -0.506 e. The first kappa shape index (κ1) is 18.3. The number of carbonyl (C=O) groups excluding carboxylic acids is 1. The van der Waals surface area contributed by atoms with E-state index >= 15 is 0 Å². The summed E-state index contributed by atoms with van der Waals surface area (Å²) in [5.74, 6) is -1.30. The van der Waals surface area contributed by atoms with Crippen molar-refractivity contribution in [3.8, 4) is 5.75 Å². The minimum atomic E-state index is -0.855. The summed E-state index contributed by atoms with van der Waals surface area (Å²) in [5, 5.41) is 10.9. The van der Waals surface area contributed by atoms with E-state index in [0.717, 1.165) is 0 Å². The van der Waals surface area contributed by atoms with Crippen molar-refractivity contribution in [2.24, 2.45) is 5.41 Å². The maximum atomic E-state index is 12.8. The topological polar surface area (TPSA) is 81.4 Å². The molecule has 0 aliphatic rings. The van der Waals surface area contributed by atoms with Gasteiger partial charge in [0.25, 0.3) is 5.56 Å². The number of hydrogen-bond donors (Lipinski definition) is 1. The normalized spacial score (nSPS) is 11.7. The van der Waals surface area contributed by atoms with Crippen molar-refractivity contribution in [1.29, 1.82) is 0 Å². The van der Waals surface area contributed by atoms with Crippen LogP contribution in [-0.2, 0) is 11.3 Å². The fraction of sp³-hybridized carbons (Fsp3) is 0.471. The highest BCUT2D eigenvalue weighted by Gasteiger charge is 2.24. The molecule has 0 aliphatic carbocycles. The fourth-order valence-electron chi connectivity index (χ4n) is 2.33. The average molecular weight is 353 g/mol. The molecule has 7 heteroatoms. The van der Waals surface area contributed by atoms with Gasteiger partial charge >= 0.3 is 5.97 Å². The second-order valence-corrected chi connectivity index (χ2v) is 7.17. The Morgan fingerprint density at radius 2 is 2.08 bits per heavy atom. The number of nitrogens with zero attached hydrogens (tertiary/aromatic N) is 2. The Morgan fingerprint density at radius 1 is 1.42 bits per heavy atom. The molecule has 2 aromatic rings. The van der Waals surface area contributed by atoms with Crippen molar-refractivity contribution in [1.82, 2.24) is 9.55 Å². The molecule has 2 heterocycles. The molecule has 0 bridgehead atoms. The zero-order valence-electron chi connectivity index (χ0n) is 14.2. The third kappa shape index (κ3) is 3.70. The van der Waals surface area contributed by atoms with Gasteiger partial charge in [-0.3, -0.25) is 9.36 Å². The summed E-state index contributed by atoms with van der Waals surface area (Å²) in [7, 11) is 0. The second-order valence-electron chi connectivity index (χ2n) is 6.74. The number of esters is 1. The lowest BCUT2D eigenvalue weighted by Crippen LogP contribution is -2.29. The zero-order chi connectivity index (χ0) is 18.1. The number of ether oxygens (including phenoxy) is 1. The predicted molar refractivity (Wildman–Crippen MR) is 92.7 cm³/mol. The van der Waals surface area contributed by atoms with Crippen LogP contribution in [-0.4, -0.2) is 27.2 Å². The summed E-state index contributed by atoms with van der Waals surface area (Å²) in [6.45, 7) is 8.25. The maximum absolute atomic E-state index is 12.8. The van der Waals surface area contributed by atoms with Gasteiger partial charge in [0.15, 0.2) is 5.56 Å². The molecule has 0 saturated carbocycles. The Bertz CT molecular complexity index is 837. The Labute approximate surface area is 145 Å². The lowest BCUT2D eigenvalue weighted by Gasteiger charge is -2.20. The lowest BCUT2D eigenvalue weighted by atomic mass is 9.92. The predicted octanol–water partition coefficient (Wildman–Crippen LogP) is 3.37. The number of aryl methyl sites for hydroxylation is 1. The van der Waals surface area contributed by atoms with Crippen molar-refractivity contribution >= 4 is 28.6 Å². The summed E-state index contributed by atoms with van der Waals surface area (Å²) in [6.07, 6.45) is 2.10. The fourth-order valence-corrected chi connectivity index (χ4v) is 2.49. The van der Waals surface area contributed by atoms with E-state index in [1.54, 1.807) is 6.92 Å². The molecule has 0 atom stereocenters. The van der Waals surface area contributed by atoms with Crippen LogP contribution in [0.2, 0.25) is 5.02 Å². The number of pyridine rings is 2. The van der Waals surface area contributed by atoms with Gasteiger partial charge < -0.3 is 9.84 Å². The van der Waals surface area contributed by atoms with Crippen molar-refractivity contribution in [2.75, 3.05) is 6.61 Å². The van der Waals surface area contributed by atoms with Crippen LogP contribution >= 0.6 is 11.6 Å². The highest BCUT2D eigenvalue weighted by Crippen LogP contribution is 2.29. The van der Waals surface area contributed by atoms with Crippen LogP contribution < -0.4 is 5.56 Å². The molecule has 24 heavy (non-hydrogen) atoms. The van der Waals surface area contributed by atoms with Gasteiger partial charge in [-0.25, -0.2) is 9.78 Å². The van der Waals surface area contributed by atoms with Crippen LogP contribution in [0.1, 0.15) is 44.5 Å². The number of fused-ring (bicyclic) bond motifs is 1. The van der Waals surface area contributed by atoms with Crippen LogP contribution in [0.4, 0.5) is 0 Å². The van der Waals surface area contributed by atoms with Gasteiger partial charge in [0.05, 0.1) is 17.0 Å². The van der Waals surface area contributed by atoms with E-state index in [1.165, 1.54) is 16.8 Å². The summed E-state index contributed by atoms with van der Waals surface area (Å²) >= 11 is 5.95. The molecular weight excluding hydrogens is 332 g/mol. The molecular formula is C17H21ClN2O4. The second kappa shape index (κ2) is 6.81. The van der Waals surface area contributed by atoms with E-state index in [-0.39, 0.29) is 23.0 Å². The number of halogens is 1. The number of carbonyl (C=O) groups is 1. The SMILES string of the molecule is CCOC(=O)c1c(O)c2cc(Cl)cnc2n(CCC(C)(C)C)c1=O. The molecule has 0 spiro atoms. The average Bonchev–Trinajstić information content (AvgIpc) is 2.47. The van der Waals surface area contributed by atoms with Crippen LogP contribution in [0.15, 0.2) is 17.1 Å². The molecule has 0 amide bonds. The summed E-state index contributed by atoms with van der Waals surface area (Å²) < 4.78 is 6.30. The number of aromatic nitrogens is 2. The first-order valence-corrected chi connectivity index (χ1v) is 8.11. The smallest absolute Gasteiger partial charge is 0.347 e. The van der Waals surface area contributed by atoms with Gasteiger partial charge in [0.1, 0.15) is 11.4 Å². The molecule has 0 aliphatic heterocycles. The van der Waals surface area contributed by atoms with Gasteiger partial charge in [0.2, 0.25) is 0 Å². The van der Waals surface area contributed by atoms with E-state index in [9.17, 15) is 14.7 Å². The Hall–Kier alpha value is -2.08. The maximum Gasteiger partial charge on any atom is 0.347 e. The Kier molecular flexibility index (Phi) is 5.18. The van der Waals surface area contributed by atoms with Crippen LogP contribution in [0.25, 0.3) is 11.0 Å². The minimum absolute atomic E-state index is 0.0137. The monoisotopic (exact) mass is 352 g/mol. The van der Waals surface area contributed by atoms with Crippen molar-refractivity contribution in [3.63, 3.8) is 0 Å². The molecule has 2 aromatic heterocycles. The molecule has 0 aromatic carbocycles. The molecule has 0 unspecified atom stereocenters. The molecule has 2 rings (SSSR count). The largest absolute Gasteiger partial charge is 0.506 e. The standard InChI is InChI=1S/C17H21ClN2O4/c1-5-24-16(23)12-13(21)11-8-10(18)9-19-14(11)20(15(12)22)7-6-17(2,3)4/h8-9,21H,5-7H2,1-4H3. The first-order chi connectivity index (χ1) is 11.2. The number of aromatic hydroxyl groups is 1. The number of rotatable bonds is 4. The summed E-state index contributed by atoms with van der Waals surface area (Å²) in [4.78, 5) is 29.0. The molecule has 1 N–H and O–H groups in total. The molecule has 0 radical (unpaired) electrons. The Balaban J connectivity index is 2.74. The van der Waals surface area contributed by atoms with Crippen LogP contribution in [0.3, 0.4) is 0 Å². The van der Waals surface area contributed by atoms with Gasteiger partial charge in [-0.05, 0) is 24.8 Å². The third-order valence-corrected chi connectivity index (χ3v) is 3.81. The van der Waals surface area contributed by atoms with Crippen LogP contribution in [0, 0.1) is 5.41 Å². The van der Waals surface area contributed by atoms with Gasteiger partial charge in [-0.15, -0.1) is 0 Å². The summed E-state index contributed by atoms with van der Waals surface area (Å²) in [5.41, 5.74) is -0.723. The van der Waals surface area contributed by atoms with Crippen molar-refractivity contribution in [3.05, 3.63) is 33.2 Å². The summed E-state index contributed by atoms with van der Waals surface area (Å²) in [6, 6.07) is 1.48. The Morgan fingerprint density at radius 3 is 2.67 bits per heavy atom. The van der Waals surface area contributed by atoms with Gasteiger partial charge in [0, 0.05) is 12.7 Å². The van der Waals surface area contributed by atoms with E-state index in [1.807, 2.05) is 0 Å². The van der Waals surface area contributed by atoms with E-state index in [2.05, 4.69) is 25.8 Å². The van der Waals surface area contributed by atoms with Gasteiger partial charge in [-0.1, -0.05) is 32.4 Å². The van der Waals surface area contributed by atoms with Crippen molar-refractivity contribution in [2.45, 2.75) is 40.7 Å². The lowest BCUT2D eigenvalue weighted by molar-refractivity contribution is 0.0520. The highest BCUT2D eigenvalue weighted by atomic mass is 35.5.